The first-order valence-corrected chi connectivity index (χ1v) is 8.09. The summed E-state index contributed by atoms with van der Waals surface area (Å²) in [6.45, 7) is 0.603. The number of para-hydroxylation sites is 1. The number of non-ortho nitro benzene ring substituents is 1. The average Bonchev–Trinajstić information content (AvgIpc) is 3.08. The van der Waals surface area contributed by atoms with Gasteiger partial charge in [-0.2, -0.15) is 0 Å². The molecule has 9 nitrogen and oxygen atoms in total. The lowest BCUT2D eigenvalue weighted by molar-refractivity contribution is -0.384. The number of amides is 1. The molecule has 0 saturated heterocycles. The number of benzene rings is 2. The minimum absolute atomic E-state index is 0.0721. The molecule has 3 aromatic rings. The van der Waals surface area contributed by atoms with Crippen molar-refractivity contribution in [1.29, 1.82) is 0 Å². The van der Waals surface area contributed by atoms with Crippen molar-refractivity contribution in [2.45, 2.75) is 0 Å². The first kappa shape index (κ1) is 18.5. The molecule has 1 heterocycles. The number of methoxy groups -OCH3 is 1. The molecule has 9 heteroatoms. The van der Waals surface area contributed by atoms with Gasteiger partial charge in [-0.1, -0.05) is 12.1 Å². The SMILES string of the molecule is COCCOCC(=O)Nc1ccccc1-c1nc2cc([N+](=O)[O-])ccc2o1. The number of nitrogens with zero attached hydrogens (tertiary/aromatic N) is 2. The molecule has 0 unspecified atom stereocenters. The van der Waals surface area contributed by atoms with E-state index in [-0.39, 0.29) is 24.1 Å². The van der Waals surface area contributed by atoms with Crippen LogP contribution in [-0.2, 0) is 14.3 Å². The van der Waals surface area contributed by atoms with Crippen molar-refractivity contribution in [3.8, 4) is 11.5 Å². The summed E-state index contributed by atoms with van der Waals surface area (Å²) in [6, 6.07) is 11.2. The molecular weight excluding hydrogens is 354 g/mol. The molecule has 0 aliphatic heterocycles. The highest BCUT2D eigenvalue weighted by atomic mass is 16.6. The Morgan fingerprint density at radius 3 is 2.85 bits per heavy atom. The number of fused-ring (bicyclic) bond motifs is 1. The Bertz CT molecular complexity index is 969. The van der Waals surface area contributed by atoms with Gasteiger partial charge in [0.2, 0.25) is 11.8 Å². The Morgan fingerprint density at radius 2 is 2.07 bits per heavy atom. The molecule has 1 amide bonds. The molecule has 0 saturated carbocycles. The Kier molecular flexibility index (Phi) is 5.74. The lowest BCUT2D eigenvalue weighted by Gasteiger charge is -2.09. The number of nitro benzene ring substituents is 1. The van der Waals surface area contributed by atoms with E-state index < -0.39 is 4.92 Å². The molecule has 0 fully saturated rings. The van der Waals surface area contributed by atoms with Gasteiger partial charge in [0.05, 0.1) is 29.4 Å². The van der Waals surface area contributed by atoms with E-state index in [1.165, 1.54) is 18.2 Å². The van der Waals surface area contributed by atoms with Crippen LogP contribution in [0.2, 0.25) is 0 Å². The molecule has 1 N–H and O–H groups in total. The van der Waals surface area contributed by atoms with Crippen molar-refractivity contribution in [2.24, 2.45) is 0 Å². The van der Waals surface area contributed by atoms with Crippen LogP contribution < -0.4 is 5.32 Å². The van der Waals surface area contributed by atoms with Crippen molar-refractivity contribution < 1.29 is 23.6 Å². The second-order valence-corrected chi connectivity index (χ2v) is 5.57. The fourth-order valence-electron chi connectivity index (χ4n) is 2.42. The van der Waals surface area contributed by atoms with Crippen LogP contribution in [0.1, 0.15) is 0 Å². The maximum absolute atomic E-state index is 12.0. The van der Waals surface area contributed by atoms with E-state index in [0.717, 1.165) is 0 Å². The minimum Gasteiger partial charge on any atom is -0.436 e. The van der Waals surface area contributed by atoms with Crippen LogP contribution >= 0.6 is 0 Å². The molecule has 140 valence electrons. The molecule has 0 atom stereocenters. The predicted octanol–water partition coefficient (Wildman–Crippen LogP) is 3.00. The topological polar surface area (TPSA) is 117 Å². The third kappa shape index (κ3) is 4.46. The van der Waals surface area contributed by atoms with E-state index in [1.54, 1.807) is 31.4 Å². The molecule has 0 aliphatic rings. The fourth-order valence-corrected chi connectivity index (χ4v) is 2.42. The highest BCUT2D eigenvalue weighted by molar-refractivity contribution is 5.95. The maximum atomic E-state index is 12.0. The van der Waals surface area contributed by atoms with Gasteiger partial charge in [-0.05, 0) is 18.2 Å². The van der Waals surface area contributed by atoms with Crippen molar-refractivity contribution in [2.75, 3.05) is 32.2 Å². The van der Waals surface area contributed by atoms with Gasteiger partial charge >= 0.3 is 0 Å². The molecule has 1 aromatic heterocycles. The van der Waals surface area contributed by atoms with Crippen LogP contribution in [0.4, 0.5) is 11.4 Å². The standard InChI is InChI=1S/C18H17N3O6/c1-25-8-9-26-11-17(22)19-14-5-3-2-4-13(14)18-20-15-10-12(21(23)24)6-7-16(15)27-18/h2-7,10H,8-9,11H2,1H3,(H,19,22). The van der Waals surface area contributed by atoms with Gasteiger partial charge in [-0.15, -0.1) is 0 Å². The molecule has 0 aliphatic carbocycles. The smallest absolute Gasteiger partial charge is 0.271 e. The van der Waals surface area contributed by atoms with Crippen LogP contribution in [0.25, 0.3) is 22.6 Å². The van der Waals surface area contributed by atoms with Gasteiger partial charge in [0.15, 0.2) is 5.58 Å². The summed E-state index contributed by atoms with van der Waals surface area (Å²) in [5.41, 5.74) is 1.76. The number of nitro groups is 1. The summed E-state index contributed by atoms with van der Waals surface area (Å²) in [6.07, 6.45) is 0. The lowest BCUT2D eigenvalue weighted by atomic mass is 10.1. The number of oxazole rings is 1. The number of hydrogen-bond acceptors (Lipinski definition) is 7. The van der Waals surface area contributed by atoms with Gasteiger partial charge in [-0.3, -0.25) is 14.9 Å². The summed E-state index contributed by atoms with van der Waals surface area (Å²) in [7, 11) is 1.55. The monoisotopic (exact) mass is 371 g/mol. The maximum Gasteiger partial charge on any atom is 0.271 e. The van der Waals surface area contributed by atoms with Crippen molar-refractivity contribution in [3.63, 3.8) is 0 Å². The van der Waals surface area contributed by atoms with E-state index in [1.807, 2.05) is 0 Å². The quantitative estimate of drug-likeness (QED) is 0.367. The van der Waals surface area contributed by atoms with Crippen LogP contribution in [-0.4, -0.2) is 42.7 Å². The Hall–Kier alpha value is -3.30. The fraction of sp³-hybridized carbons (Fsp3) is 0.222. The lowest BCUT2D eigenvalue weighted by Crippen LogP contribution is -2.20. The number of carbonyl (C=O) groups is 1. The minimum atomic E-state index is -0.494. The summed E-state index contributed by atoms with van der Waals surface area (Å²) in [4.78, 5) is 26.8. The van der Waals surface area contributed by atoms with E-state index in [4.69, 9.17) is 13.9 Å². The molecule has 0 bridgehead atoms. The van der Waals surface area contributed by atoms with Gasteiger partial charge in [-0.25, -0.2) is 4.98 Å². The van der Waals surface area contributed by atoms with E-state index >= 15 is 0 Å². The number of ether oxygens (including phenoxy) is 2. The number of anilines is 1. The zero-order valence-electron chi connectivity index (χ0n) is 14.5. The largest absolute Gasteiger partial charge is 0.436 e. The molecule has 0 radical (unpaired) electrons. The third-order valence-electron chi connectivity index (χ3n) is 3.68. The van der Waals surface area contributed by atoms with Gasteiger partial charge in [0.25, 0.3) is 5.69 Å². The van der Waals surface area contributed by atoms with Crippen molar-refractivity contribution >= 4 is 28.4 Å². The Labute approximate surface area is 154 Å². The van der Waals surface area contributed by atoms with Crippen LogP contribution in [0.5, 0.6) is 0 Å². The summed E-state index contributed by atoms with van der Waals surface area (Å²) in [5, 5.41) is 13.7. The van der Waals surface area contributed by atoms with Crippen LogP contribution in [0.15, 0.2) is 46.9 Å². The van der Waals surface area contributed by atoms with E-state index in [2.05, 4.69) is 10.3 Å². The number of rotatable bonds is 8. The second-order valence-electron chi connectivity index (χ2n) is 5.57. The van der Waals surface area contributed by atoms with Crippen molar-refractivity contribution in [1.82, 2.24) is 4.98 Å². The first-order chi connectivity index (χ1) is 13.1. The number of nitrogens with one attached hydrogen (secondary N) is 1. The van der Waals surface area contributed by atoms with Crippen LogP contribution in [0, 0.1) is 10.1 Å². The first-order valence-electron chi connectivity index (χ1n) is 8.09. The number of carbonyl (C=O) groups excluding carboxylic acids is 1. The van der Waals surface area contributed by atoms with E-state index in [0.29, 0.717) is 35.6 Å². The third-order valence-corrected chi connectivity index (χ3v) is 3.68. The molecule has 3 rings (SSSR count). The number of hydrogen-bond donors (Lipinski definition) is 1. The highest BCUT2D eigenvalue weighted by Crippen LogP contribution is 2.31. The molecule has 27 heavy (non-hydrogen) atoms. The number of aromatic nitrogens is 1. The van der Waals surface area contributed by atoms with Gasteiger partial charge in [0, 0.05) is 19.2 Å². The zero-order valence-corrected chi connectivity index (χ0v) is 14.5. The normalized spacial score (nSPS) is 10.9. The molecule has 0 spiro atoms. The second kappa shape index (κ2) is 8.39. The van der Waals surface area contributed by atoms with Gasteiger partial charge in [0.1, 0.15) is 12.1 Å². The summed E-state index contributed by atoms with van der Waals surface area (Å²) >= 11 is 0. The molecule has 2 aromatic carbocycles. The Morgan fingerprint density at radius 1 is 1.26 bits per heavy atom. The summed E-state index contributed by atoms with van der Waals surface area (Å²) < 4.78 is 15.7. The van der Waals surface area contributed by atoms with Crippen molar-refractivity contribution in [3.05, 3.63) is 52.6 Å². The van der Waals surface area contributed by atoms with Crippen LogP contribution in [0.3, 0.4) is 0 Å². The summed E-state index contributed by atoms with van der Waals surface area (Å²) in [5.74, 6) is -0.0769. The average molecular weight is 371 g/mol. The highest BCUT2D eigenvalue weighted by Gasteiger charge is 2.16. The zero-order chi connectivity index (χ0) is 19.2. The van der Waals surface area contributed by atoms with Gasteiger partial charge < -0.3 is 19.2 Å². The molecular formula is C18H17N3O6. The Balaban J connectivity index is 1.82. The predicted molar refractivity (Wildman–Crippen MR) is 97.4 cm³/mol. The van der Waals surface area contributed by atoms with E-state index in [9.17, 15) is 14.9 Å².